The Balaban J connectivity index is 1.83. The minimum atomic E-state index is -0.931. The number of carbonyl (C=O) groups excluding carboxylic acids is 1. The summed E-state index contributed by atoms with van der Waals surface area (Å²) >= 11 is 0. The predicted molar refractivity (Wildman–Crippen MR) is 82.3 cm³/mol. The number of carboxylic acid groups (broad SMARTS) is 1. The third kappa shape index (κ3) is 3.52. The molecule has 23 heavy (non-hydrogen) atoms. The molecule has 0 spiro atoms. The average Bonchev–Trinajstić information content (AvgIpc) is 3.15. The molecule has 0 bridgehead atoms. The minimum Gasteiger partial charge on any atom is -0.481 e. The van der Waals surface area contributed by atoms with E-state index in [0.717, 1.165) is 31.5 Å². The van der Waals surface area contributed by atoms with E-state index in [2.05, 4.69) is 4.90 Å². The summed E-state index contributed by atoms with van der Waals surface area (Å²) in [5, 5.41) is 9.18. The van der Waals surface area contributed by atoms with E-state index in [-0.39, 0.29) is 30.7 Å². The van der Waals surface area contributed by atoms with Gasteiger partial charge >= 0.3 is 5.97 Å². The van der Waals surface area contributed by atoms with Crippen LogP contribution in [0.15, 0.2) is 24.3 Å². The molecule has 2 unspecified atom stereocenters. The molecule has 2 atom stereocenters. The van der Waals surface area contributed by atoms with Crippen LogP contribution in [0.4, 0.5) is 4.39 Å². The maximum absolute atomic E-state index is 13.2. The summed E-state index contributed by atoms with van der Waals surface area (Å²) in [4.78, 5) is 27.5. The number of amides is 1. The van der Waals surface area contributed by atoms with Crippen molar-refractivity contribution in [2.75, 3.05) is 26.2 Å². The molecule has 0 radical (unpaired) electrons. The van der Waals surface area contributed by atoms with Crippen LogP contribution in [0, 0.1) is 11.7 Å². The van der Waals surface area contributed by atoms with Crippen LogP contribution in [0.3, 0.4) is 0 Å². The number of carboxylic acids is 1. The summed E-state index contributed by atoms with van der Waals surface area (Å²) < 4.78 is 13.2. The predicted octanol–water partition coefficient (Wildman–Crippen LogP) is 1.90. The van der Waals surface area contributed by atoms with Crippen LogP contribution in [-0.2, 0) is 9.59 Å². The lowest BCUT2D eigenvalue weighted by atomic mass is 10.0. The van der Waals surface area contributed by atoms with Crippen molar-refractivity contribution in [3.8, 4) is 0 Å². The van der Waals surface area contributed by atoms with Crippen molar-refractivity contribution in [1.82, 2.24) is 9.80 Å². The first-order valence-electron chi connectivity index (χ1n) is 8.04. The molecule has 2 heterocycles. The Labute approximate surface area is 134 Å². The number of hydrogen-bond acceptors (Lipinski definition) is 3. The van der Waals surface area contributed by atoms with Gasteiger partial charge in [0, 0.05) is 19.5 Å². The molecule has 0 saturated carbocycles. The average molecular weight is 320 g/mol. The Kier molecular flexibility index (Phi) is 4.61. The topological polar surface area (TPSA) is 60.9 Å². The quantitative estimate of drug-likeness (QED) is 0.900. The fourth-order valence-electron chi connectivity index (χ4n) is 3.48. The number of hydrogen-bond donors (Lipinski definition) is 1. The summed E-state index contributed by atoms with van der Waals surface area (Å²) in [6.07, 6.45) is 2.33. The molecule has 5 nitrogen and oxygen atoms in total. The van der Waals surface area contributed by atoms with Crippen molar-refractivity contribution in [3.05, 3.63) is 35.6 Å². The Morgan fingerprint density at radius 1 is 1.26 bits per heavy atom. The van der Waals surface area contributed by atoms with E-state index in [1.807, 2.05) is 0 Å². The van der Waals surface area contributed by atoms with Gasteiger partial charge in [-0.25, -0.2) is 4.39 Å². The fraction of sp³-hybridized carbons (Fsp3) is 0.529. The highest BCUT2D eigenvalue weighted by atomic mass is 19.1. The van der Waals surface area contributed by atoms with E-state index in [4.69, 9.17) is 0 Å². The lowest BCUT2D eigenvalue weighted by Crippen LogP contribution is -2.38. The van der Waals surface area contributed by atoms with Crippen LogP contribution in [0.25, 0.3) is 0 Å². The van der Waals surface area contributed by atoms with Crippen LogP contribution < -0.4 is 0 Å². The summed E-state index contributed by atoms with van der Waals surface area (Å²) in [6.45, 7) is 2.87. The minimum absolute atomic E-state index is 0.0486. The van der Waals surface area contributed by atoms with E-state index in [1.54, 1.807) is 17.0 Å². The zero-order valence-electron chi connectivity index (χ0n) is 12.9. The number of nitrogens with zero attached hydrogens (tertiary/aromatic N) is 2. The van der Waals surface area contributed by atoms with Gasteiger partial charge in [-0.2, -0.15) is 0 Å². The Bertz CT molecular complexity index is 584. The van der Waals surface area contributed by atoms with E-state index < -0.39 is 11.9 Å². The largest absolute Gasteiger partial charge is 0.481 e. The van der Waals surface area contributed by atoms with Gasteiger partial charge in [0.2, 0.25) is 5.91 Å². The number of benzene rings is 1. The van der Waals surface area contributed by atoms with Crippen LogP contribution >= 0.6 is 0 Å². The Morgan fingerprint density at radius 2 is 1.91 bits per heavy atom. The van der Waals surface area contributed by atoms with E-state index >= 15 is 0 Å². The van der Waals surface area contributed by atoms with Crippen molar-refractivity contribution in [3.63, 3.8) is 0 Å². The second-order valence-electron chi connectivity index (χ2n) is 6.36. The van der Waals surface area contributed by atoms with Gasteiger partial charge in [0.05, 0.1) is 12.0 Å². The highest BCUT2D eigenvalue weighted by Crippen LogP contribution is 2.30. The van der Waals surface area contributed by atoms with Gasteiger partial charge in [-0.1, -0.05) is 12.1 Å². The van der Waals surface area contributed by atoms with Crippen molar-refractivity contribution < 1.29 is 19.1 Å². The molecule has 2 aliphatic heterocycles. The molecule has 124 valence electrons. The van der Waals surface area contributed by atoms with Gasteiger partial charge in [-0.3, -0.25) is 9.59 Å². The zero-order valence-corrected chi connectivity index (χ0v) is 12.9. The Hall–Kier alpha value is -1.95. The molecular weight excluding hydrogens is 299 g/mol. The maximum atomic E-state index is 13.2. The molecular formula is C17H21FN2O3. The number of aliphatic carboxylic acids is 1. The zero-order chi connectivity index (χ0) is 16.4. The van der Waals surface area contributed by atoms with Crippen molar-refractivity contribution >= 4 is 11.9 Å². The number of carbonyl (C=O) groups is 2. The summed E-state index contributed by atoms with van der Waals surface area (Å²) in [6, 6.07) is 5.95. The first-order valence-corrected chi connectivity index (χ1v) is 8.04. The lowest BCUT2D eigenvalue weighted by Gasteiger charge is -2.32. The van der Waals surface area contributed by atoms with Crippen LogP contribution in [-0.4, -0.2) is 53.0 Å². The third-order valence-electron chi connectivity index (χ3n) is 4.77. The van der Waals surface area contributed by atoms with Gasteiger partial charge in [0.1, 0.15) is 5.82 Å². The van der Waals surface area contributed by atoms with E-state index in [1.165, 1.54) is 12.1 Å². The fourth-order valence-corrected chi connectivity index (χ4v) is 3.48. The first kappa shape index (κ1) is 15.9. The molecule has 1 amide bonds. The third-order valence-corrected chi connectivity index (χ3v) is 4.77. The van der Waals surface area contributed by atoms with Crippen LogP contribution in [0.2, 0.25) is 0 Å². The molecule has 1 aromatic carbocycles. The summed E-state index contributed by atoms with van der Waals surface area (Å²) in [5.41, 5.74) is 0.859. The maximum Gasteiger partial charge on any atom is 0.308 e. The first-order chi connectivity index (χ1) is 11.0. The number of halogens is 1. The van der Waals surface area contributed by atoms with Gasteiger partial charge < -0.3 is 14.9 Å². The van der Waals surface area contributed by atoms with Gasteiger partial charge in [0.25, 0.3) is 0 Å². The smallest absolute Gasteiger partial charge is 0.308 e. The van der Waals surface area contributed by atoms with E-state index in [9.17, 15) is 19.1 Å². The highest BCUT2D eigenvalue weighted by Gasteiger charge is 2.39. The normalized spacial score (nSPS) is 23.4. The number of rotatable bonds is 5. The van der Waals surface area contributed by atoms with Crippen LogP contribution in [0.1, 0.15) is 30.9 Å². The molecule has 6 heteroatoms. The van der Waals surface area contributed by atoms with Crippen molar-refractivity contribution in [2.45, 2.75) is 25.3 Å². The second kappa shape index (κ2) is 6.66. The molecule has 2 fully saturated rings. The SMILES string of the molecule is O=C(O)C1CC(=O)N(C(CN2CCCC2)c2ccc(F)cc2)C1. The summed E-state index contributed by atoms with van der Waals surface area (Å²) in [5.74, 6) is -2.03. The van der Waals surface area contributed by atoms with E-state index in [0.29, 0.717) is 6.54 Å². The molecule has 1 aromatic rings. The molecule has 2 saturated heterocycles. The molecule has 0 aromatic heterocycles. The lowest BCUT2D eigenvalue weighted by molar-refractivity contribution is -0.141. The Morgan fingerprint density at radius 3 is 2.48 bits per heavy atom. The van der Waals surface area contributed by atoms with Gasteiger partial charge in [-0.05, 0) is 43.6 Å². The highest BCUT2D eigenvalue weighted by molar-refractivity contribution is 5.86. The molecule has 3 rings (SSSR count). The van der Waals surface area contributed by atoms with Crippen LogP contribution in [0.5, 0.6) is 0 Å². The van der Waals surface area contributed by atoms with Gasteiger partial charge in [-0.15, -0.1) is 0 Å². The standard InChI is InChI=1S/C17H21FN2O3/c18-14-5-3-12(4-6-14)15(11-19-7-1-2-8-19)20-10-13(17(22)23)9-16(20)21/h3-6,13,15H,1-2,7-11H2,(H,22,23). The summed E-state index contributed by atoms with van der Waals surface area (Å²) in [7, 11) is 0. The molecule has 0 aliphatic carbocycles. The van der Waals surface area contributed by atoms with Crippen molar-refractivity contribution in [1.29, 1.82) is 0 Å². The van der Waals surface area contributed by atoms with Crippen molar-refractivity contribution in [2.24, 2.45) is 5.92 Å². The monoisotopic (exact) mass is 320 g/mol. The molecule has 2 aliphatic rings. The van der Waals surface area contributed by atoms with Gasteiger partial charge in [0.15, 0.2) is 0 Å². The number of likely N-dealkylation sites (tertiary alicyclic amines) is 2. The second-order valence-corrected chi connectivity index (χ2v) is 6.36. The molecule has 1 N–H and O–H groups in total.